The third-order valence-corrected chi connectivity index (χ3v) is 6.13. The summed E-state index contributed by atoms with van der Waals surface area (Å²) >= 11 is 0. The summed E-state index contributed by atoms with van der Waals surface area (Å²) in [6.07, 6.45) is 10.7. The maximum Gasteiger partial charge on any atom is 0.243 e. The molecule has 3 nitrogen and oxygen atoms in total. The zero-order valence-electron chi connectivity index (χ0n) is 17.8. The smallest absolute Gasteiger partial charge is 0.243 e. The lowest BCUT2D eigenvalue weighted by Gasteiger charge is -2.18. The number of aromatic nitrogens is 1. The van der Waals surface area contributed by atoms with Gasteiger partial charge in [0.25, 0.3) is 0 Å². The van der Waals surface area contributed by atoms with E-state index in [1.165, 1.54) is 29.8 Å². The normalized spacial score (nSPS) is 16.8. The van der Waals surface area contributed by atoms with Gasteiger partial charge in [-0.25, -0.2) is 8.78 Å². The van der Waals surface area contributed by atoms with Crippen LogP contribution in [-0.4, -0.2) is 17.4 Å². The minimum absolute atomic E-state index is 0.0924. The van der Waals surface area contributed by atoms with Crippen LogP contribution in [0.5, 0.6) is 0 Å². The number of allylic oxidation sites excluding steroid dienone is 1. The Morgan fingerprint density at radius 3 is 2.25 bits per heavy atom. The maximum absolute atomic E-state index is 13.5. The van der Waals surface area contributed by atoms with Crippen molar-refractivity contribution in [2.24, 2.45) is 5.92 Å². The van der Waals surface area contributed by atoms with E-state index in [4.69, 9.17) is 0 Å². The molecule has 0 aliphatic heterocycles. The monoisotopic (exact) mass is 432 g/mol. The van der Waals surface area contributed by atoms with E-state index in [0.29, 0.717) is 6.54 Å². The van der Waals surface area contributed by atoms with Crippen molar-refractivity contribution in [1.29, 1.82) is 0 Å². The number of hydrogen-bond donors (Lipinski definition) is 1. The zero-order chi connectivity index (χ0) is 22.4. The summed E-state index contributed by atoms with van der Waals surface area (Å²) in [6, 6.07) is 16.8. The molecule has 2 aromatic carbocycles. The Bertz CT molecular complexity index is 1020. The number of carbonyl (C=O) groups excluding carboxylic acids is 1. The average Bonchev–Trinajstić information content (AvgIpc) is 3.54. The Hall–Kier alpha value is -3.34. The maximum atomic E-state index is 13.5. The van der Waals surface area contributed by atoms with Crippen LogP contribution in [-0.2, 0) is 16.6 Å². The van der Waals surface area contributed by atoms with Gasteiger partial charge in [0, 0.05) is 24.4 Å². The third kappa shape index (κ3) is 5.10. The van der Waals surface area contributed by atoms with E-state index < -0.39 is 0 Å². The van der Waals surface area contributed by atoms with Crippen LogP contribution in [0.2, 0.25) is 0 Å². The SMILES string of the molecule is O=C(/C=C/[C@H]1CC1(c1ccc(F)cc1)c1ccc(F)cc1)NCCCCc1cccnc1. The van der Waals surface area contributed by atoms with Crippen LogP contribution in [0.1, 0.15) is 36.0 Å². The van der Waals surface area contributed by atoms with Crippen LogP contribution in [0, 0.1) is 17.6 Å². The molecule has 0 spiro atoms. The van der Waals surface area contributed by atoms with E-state index in [-0.39, 0.29) is 28.9 Å². The van der Waals surface area contributed by atoms with E-state index in [1.807, 2.05) is 18.3 Å². The van der Waals surface area contributed by atoms with Crippen LogP contribution >= 0.6 is 0 Å². The molecule has 1 aliphatic carbocycles. The summed E-state index contributed by atoms with van der Waals surface area (Å²) in [5.74, 6) is -0.613. The van der Waals surface area contributed by atoms with Crippen LogP contribution in [0.25, 0.3) is 0 Å². The minimum Gasteiger partial charge on any atom is -0.353 e. The Balaban J connectivity index is 1.33. The highest BCUT2D eigenvalue weighted by atomic mass is 19.1. The number of halogens is 2. The first-order valence-electron chi connectivity index (χ1n) is 10.9. The summed E-state index contributed by atoms with van der Waals surface area (Å²) in [6.45, 7) is 0.620. The minimum atomic E-state index is -0.359. The van der Waals surface area contributed by atoms with Crippen molar-refractivity contribution in [2.75, 3.05) is 6.54 Å². The van der Waals surface area contributed by atoms with Crippen molar-refractivity contribution in [1.82, 2.24) is 10.3 Å². The van der Waals surface area contributed by atoms with Gasteiger partial charge in [0.2, 0.25) is 5.91 Å². The van der Waals surface area contributed by atoms with Crippen molar-refractivity contribution in [3.05, 3.63) is 114 Å². The molecule has 5 heteroatoms. The van der Waals surface area contributed by atoms with Crippen molar-refractivity contribution in [3.63, 3.8) is 0 Å². The lowest BCUT2D eigenvalue weighted by molar-refractivity contribution is -0.116. The van der Waals surface area contributed by atoms with Gasteiger partial charge in [-0.3, -0.25) is 9.78 Å². The number of carbonyl (C=O) groups is 1. The van der Waals surface area contributed by atoms with Crippen molar-refractivity contribution in [2.45, 2.75) is 31.1 Å². The van der Waals surface area contributed by atoms with Gasteiger partial charge in [0.1, 0.15) is 11.6 Å². The molecule has 32 heavy (non-hydrogen) atoms. The fraction of sp³-hybridized carbons (Fsp3) is 0.259. The molecule has 3 aromatic rings. The third-order valence-electron chi connectivity index (χ3n) is 6.13. The van der Waals surface area contributed by atoms with Crippen molar-refractivity contribution < 1.29 is 13.6 Å². The van der Waals surface area contributed by atoms with Gasteiger partial charge in [-0.1, -0.05) is 36.4 Å². The second-order valence-electron chi connectivity index (χ2n) is 8.26. The predicted octanol–water partition coefficient (Wildman–Crippen LogP) is 5.36. The van der Waals surface area contributed by atoms with E-state index in [0.717, 1.165) is 36.8 Å². The standard InChI is InChI=1S/C27H26F2N2O/c28-24-11-6-21(7-12-24)27(22-8-13-25(29)14-9-22)18-23(27)10-15-26(32)31-17-2-1-4-20-5-3-16-30-19-20/h3,5-16,19,23H,1-2,4,17-18H2,(H,31,32)/b15-10+/t23-/m0/s1. The number of unbranched alkanes of at least 4 members (excludes halogenated alkanes) is 1. The summed E-state index contributed by atoms with van der Waals surface area (Å²) in [5, 5.41) is 2.93. The first-order chi connectivity index (χ1) is 15.6. The Morgan fingerprint density at radius 2 is 1.66 bits per heavy atom. The van der Waals surface area contributed by atoms with Crippen LogP contribution in [0.15, 0.2) is 85.2 Å². The van der Waals surface area contributed by atoms with E-state index in [2.05, 4.69) is 16.4 Å². The highest BCUT2D eigenvalue weighted by Crippen LogP contribution is 2.59. The summed E-state index contributed by atoms with van der Waals surface area (Å²) in [7, 11) is 0. The van der Waals surface area contributed by atoms with Crippen molar-refractivity contribution >= 4 is 5.91 Å². The molecule has 1 aliphatic rings. The van der Waals surface area contributed by atoms with E-state index in [9.17, 15) is 13.6 Å². The molecule has 1 aromatic heterocycles. The molecule has 1 N–H and O–H groups in total. The average molecular weight is 433 g/mol. The largest absolute Gasteiger partial charge is 0.353 e. The van der Waals surface area contributed by atoms with Gasteiger partial charge in [-0.2, -0.15) is 0 Å². The fourth-order valence-electron chi connectivity index (χ4n) is 4.32. The van der Waals surface area contributed by atoms with Gasteiger partial charge < -0.3 is 5.32 Å². The van der Waals surface area contributed by atoms with E-state index in [1.54, 1.807) is 36.5 Å². The number of benzene rings is 2. The number of amides is 1. The van der Waals surface area contributed by atoms with Crippen molar-refractivity contribution in [3.8, 4) is 0 Å². The Kier molecular flexibility index (Phi) is 6.74. The topological polar surface area (TPSA) is 42.0 Å². The van der Waals surface area contributed by atoms with Gasteiger partial charge in [0.15, 0.2) is 0 Å². The molecular weight excluding hydrogens is 406 g/mol. The highest BCUT2D eigenvalue weighted by Gasteiger charge is 2.55. The summed E-state index contributed by atoms with van der Waals surface area (Å²) < 4.78 is 26.9. The van der Waals surface area contributed by atoms with E-state index >= 15 is 0 Å². The quantitative estimate of drug-likeness (QED) is 0.365. The molecule has 0 unspecified atom stereocenters. The first kappa shape index (κ1) is 21.9. The molecular formula is C27H26F2N2O. The Morgan fingerprint density at radius 1 is 1.00 bits per heavy atom. The van der Waals surface area contributed by atoms with Gasteiger partial charge in [-0.05, 0) is 84.7 Å². The molecule has 0 saturated heterocycles. The number of aryl methyl sites for hydroxylation is 1. The lowest BCUT2D eigenvalue weighted by atomic mass is 9.85. The zero-order valence-corrected chi connectivity index (χ0v) is 17.8. The van der Waals surface area contributed by atoms with Gasteiger partial charge in [0.05, 0.1) is 0 Å². The summed E-state index contributed by atoms with van der Waals surface area (Å²) in [4.78, 5) is 16.4. The Labute approximate surface area is 187 Å². The fourth-order valence-corrected chi connectivity index (χ4v) is 4.32. The van der Waals surface area contributed by atoms with Gasteiger partial charge in [-0.15, -0.1) is 0 Å². The molecule has 1 amide bonds. The summed E-state index contributed by atoms with van der Waals surface area (Å²) in [5.41, 5.74) is 2.78. The molecule has 0 radical (unpaired) electrons. The second kappa shape index (κ2) is 9.86. The highest BCUT2D eigenvalue weighted by molar-refractivity contribution is 5.87. The molecule has 4 rings (SSSR count). The number of nitrogens with one attached hydrogen (secondary N) is 1. The lowest BCUT2D eigenvalue weighted by Crippen LogP contribution is -2.22. The molecule has 1 atom stereocenters. The van der Waals surface area contributed by atoms with Crippen LogP contribution in [0.3, 0.4) is 0 Å². The molecule has 164 valence electrons. The van der Waals surface area contributed by atoms with Crippen LogP contribution < -0.4 is 5.32 Å². The first-order valence-corrected chi connectivity index (χ1v) is 10.9. The molecule has 1 heterocycles. The molecule has 1 fully saturated rings. The number of pyridine rings is 1. The molecule has 0 bridgehead atoms. The van der Waals surface area contributed by atoms with Crippen LogP contribution in [0.4, 0.5) is 8.78 Å². The number of nitrogens with zero attached hydrogens (tertiary/aromatic N) is 1. The number of hydrogen-bond acceptors (Lipinski definition) is 2. The predicted molar refractivity (Wildman–Crippen MR) is 121 cm³/mol. The number of rotatable bonds is 9. The second-order valence-corrected chi connectivity index (χ2v) is 8.26. The molecule has 1 saturated carbocycles. The van der Waals surface area contributed by atoms with Gasteiger partial charge >= 0.3 is 0 Å².